The van der Waals surface area contributed by atoms with Crippen LogP contribution in [0.5, 0.6) is 0 Å². The summed E-state index contributed by atoms with van der Waals surface area (Å²) in [5.74, 6) is 0. The number of hydrogen-bond acceptors (Lipinski definition) is 12. The van der Waals surface area contributed by atoms with Gasteiger partial charge in [-0.2, -0.15) is 0 Å². The van der Waals surface area contributed by atoms with Crippen molar-refractivity contribution >= 4 is 0 Å². The molecule has 8 unspecified atom stereocenters. The van der Waals surface area contributed by atoms with Gasteiger partial charge in [0.05, 0.1) is 26.4 Å². The van der Waals surface area contributed by atoms with E-state index in [1.165, 1.54) is 0 Å². The van der Waals surface area contributed by atoms with Gasteiger partial charge in [0, 0.05) is 0 Å². The van der Waals surface area contributed by atoms with E-state index >= 15 is 0 Å². The van der Waals surface area contributed by atoms with Gasteiger partial charge >= 0.3 is 59.1 Å². The molecule has 0 heterocycles. The number of halogens is 2. The Hall–Kier alpha value is 2.10. The number of hydrogen-bond donors (Lipinski definition) is 12. The second kappa shape index (κ2) is 25.4. The fraction of sp³-hybridized carbons (Fsp3) is 1.00. The van der Waals surface area contributed by atoms with Crippen molar-refractivity contribution in [1.82, 2.24) is 0 Å². The van der Waals surface area contributed by atoms with E-state index in [0.29, 0.717) is 0 Å². The summed E-state index contributed by atoms with van der Waals surface area (Å²) < 4.78 is 0. The van der Waals surface area contributed by atoms with Crippen molar-refractivity contribution in [1.29, 1.82) is 0 Å². The molecule has 0 fully saturated rings. The van der Waals surface area contributed by atoms with Crippen LogP contribution in [-0.2, 0) is 0 Å². The Morgan fingerprint density at radius 3 is 0.536 bits per heavy atom. The minimum absolute atomic E-state index is 0. The number of rotatable bonds is 10. The molecule has 164 valence electrons. The molecule has 12 N–H and O–H groups in total. The maximum absolute atomic E-state index is 8.96. The van der Waals surface area contributed by atoms with E-state index in [1.807, 2.05) is 0 Å². The third-order valence-electron chi connectivity index (χ3n) is 3.02. The van der Waals surface area contributed by atoms with E-state index in [2.05, 4.69) is 0 Å². The Bertz CT molecular complexity index is 258. The van der Waals surface area contributed by atoms with Crippen molar-refractivity contribution in [2.45, 2.75) is 48.8 Å². The van der Waals surface area contributed by atoms with Gasteiger partial charge in [0.2, 0.25) is 0 Å². The summed E-state index contributed by atoms with van der Waals surface area (Å²) in [6.45, 7) is -2.90. The van der Waals surface area contributed by atoms with Gasteiger partial charge in [-0.15, -0.1) is 0 Å². The van der Waals surface area contributed by atoms with Crippen LogP contribution in [0.3, 0.4) is 0 Å². The summed E-state index contributed by atoms with van der Waals surface area (Å²) in [7, 11) is 0. The van der Waals surface area contributed by atoms with Gasteiger partial charge in [-0.1, -0.05) is 0 Å². The topological polar surface area (TPSA) is 243 Å². The zero-order chi connectivity index (χ0) is 19.4. The van der Waals surface area contributed by atoms with Crippen LogP contribution in [0.1, 0.15) is 0 Å². The summed E-state index contributed by atoms with van der Waals surface area (Å²) in [5.41, 5.74) is 0. The third kappa shape index (κ3) is 17.7. The van der Waals surface area contributed by atoms with Crippen molar-refractivity contribution in [3.05, 3.63) is 0 Å². The summed E-state index contributed by atoms with van der Waals surface area (Å²) >= 11 is 0. The van der Waals surface area contributed by atoms with Crippen LogP contribution in [-0.4, -0.2) is 137 Å². The second-order valence-electron chi connectivity index (χ2n) is 4.96. The first kappa shape index (κ1) is 43.9. The van der Waals surface area contributed by atoms with E-state index in [4.69, 9.17) is 61.3 Å². The molecule has 0 bridgehead atoms. The van der Waals surface area contributed by atoms with Gasteiger partial charge in [0.15, 0.2) is 0 Å². The summed E-state index contributed by atoms with van der Waals surface area (Å²) in [4.78, 5) is 0. The molecule has 0 aromatic heterocycles. The average molecular weight is 481 g/mol. The quantitative estimate of drug-likeness (QED) is 0.130. The molecule has 0 amide bonds. The van der Waals surface area contributed by atoms with Crippen molar-refractivity contribution in [3.8, 4) is 0 Å². The maximum atomic E-state index is 8.96. The fourth-order valence-electron chi connectivity index (χ4n) is 1.34. The van der Waals surface area contributed by atoms with Crippen LogP contribution in [0.15, 0.2) is 0 Å². The van der Waals surface area contributed by atoms with Gasteiger partial charge in [0.25, 0.3) is 0 Å². The van der Waals surface area contributed by atoms with E-state index in [9.17, 15) is 0 Å². The SMILES string of the molecule is OCC(O)C(O)C(O)C(O)CO.OCC(O)C(O)C(O)C(O)CO.[Cl-].[Cl-].[Na+].[Na+]. The van der Waals surface area contributed by atoms with E-state index < -0.39 is 75.3 Å². The Kier molecular flexibility index (Phi) is 39.7. The fourth-order valence-corrected chi connectivity index (χ4v) is 1.34. The molecule has 0 aromatic rings. The standard InChI is InChI=1S/2C6H14O6.2ClH.2Na/c2*7-1-3(9)5(11)6(12)4(10)2-8;;;;/h2*3-12H,1-2H2;2*1H;;/q;;;;2*+1/p-2. The predicted octanol–water partition coefficient (Wildman–Crippen LogP) is -19.2. The molecular formula is C12H28Cl2Na2O12. The largest absolute Gasteiger partial charge is 1.00 e. The molecule has 0 radical (unpaired) electrons. The zero-order valence-corrected chi connectivity index (χ0v) is 21.1. The molecule has 0 aliphatic rings. The molecule has 0 saturated heterocycles. The maximum Gasteiger partial charge on any atom is 1.00 e. The summed E-state index contributed by atoms with van der Waals surface area (Å²) in [6, 6.07) is 0. The summed E-state index contributed by atoms with van der Waals surface area (Å²) in [5, 5.41) is 104. The minimum Gasteiger partial charge on any atom is -1.00 e. The monoisotopic (exact) mass is 480 g/mol. The molecule has 0 aliphatic heterocycles. The van der Waals surface area contributed by atoms with E-state index in [0.717, 1.165) is 0 Å². The molecule has 8 atom stereocenters. The number of aliphatic hydroxyl groups is 12. The predicted molar refractivity (Wildman–Crippen MR) is 76.4 cm³/mol. The van der Waals surface area contributed by atoms with E-state index in [1.54, 1.807) is 0 Å². The van der Waals surface area contributed by atoms with Gasteiger partial charge in [-0.3, -0.25) is 0 Å². The molecule has 0 spiro atoms. The zero-order valence-electron chi connectivity index (χ0n) is 15.6. The smallest absolute Gasteiger partial charge is 1.00 e. The van der Waals surface area contributed by atoms with Gasteiger partial charge in [-0.05, 0) is 0 Å². The Morgan fingerprint density at radius 1 is 0.357 bits per heavy atom. The molecule has 28 heavy (non-hydrogen) atoms. The first-order chi connectivity index (χ1) is 11.1. The normalized spacial score (nSPS) is 18.4. The third-order valence-corrected chi connectivity index (χ3v) is 3.02. The second-order valence-corrected chi connectivity index (χ2v) is 4.96. The molecule has 12 nitrogen and oxygen atoms in total. The van der Waals surface area contributed by atoms with Crippen LogP contribution in [0.4, 0.5) is 0 Å². The van der Waals surface area contributed by atoms with E-state index in [-0.39, 0.29) is 83.9 Å². The van der Waals surface area contributed by atoms with Crippen LogP contribution in [0.2, 0.25) is 0 Å². The number of aliphatic hydroxyl groups excluding tert-OH is 12. The van der Waals surface area contributed by atoms with Crippen LogP contribution in [0, 0.1) is 0 Å². The summed E-state index contributed by atoms with van der Waals surface area (Å²) in [6.07, 6.45) is -12.8. The van der Waals surface area contributed by atoms with Crippen LogP contribution >= 0.6 is 0 Å². The Balaban J connectivity index is -0.0000000756. The molecular weight excluding hydrogens is 453 g/mol. The van der Waals surface area contributed by atoms with Crippen molar-refractivity contribution < 1.29 is 145 Å². The molecule has 0 rings (SSSR count). The van der Waals surface area contributed by atoms with Gasteiger partial charge in [0.1, 0.15) is 48.8 Å². The Labute approximate surface area is 218 Å². The minimum atomic E-state index is -1.67. The van der Waals surface area contributed by atoms with Crippen LogP contribution in [0.25, 0.3) is 0 Å². The van der Waals surface area contributed by atoms with Crippen molar-refractivity contribution in [2.24, 2.45) is 0 Å². The van der Waals surface area contributed by atoms with Crippen molar-refractivity contribution in [3.63, 3.8) is 0 Å². The molecule has 16 heteroatoms. The average Bonchev–Trinajstić information content (AvgIpc) is 2.62. The molecule has 0 aliphatic carbocycles. The Morgan fingerprint density at radius 2 is 0.464 bits per heavy atom. The van der Waals surface area contributed by atoms with Crippen LogP contribution < -0.4 is 83.9 Å². The van der Waals surface area contributed by atoms with Gasteiger partial charge < -0.3 is 86.1 Å². The first-order valence-electron chi connectivity index (χ1n) is 6.96. The van der Waals surface area contributed by atoms with Crippen molar-refractivity contribution in [2.75, 3.05) is 26.4 Å². The molecule has 0 saturated carbocycles. The van der Waals surface area contributed by atoms with Gasteiger partial charge in [-0.25, -0.2) is 0 Å². The first-order valence-corrected chi connectivity index (χ1v) is 6.96. The molecule has 0 aromatic carbocycles.